The predicted molar refractivity (Wildman–Crippen MR) is 95.9 cm³/mol. The van der Waals surface area contributed by atoms with E-state index in [0.717, 1.165) is 5.56 Å². The number of carbonyl (C=O) groups is 1. The van der Waals surface area contributed by atoms with E-state index in [4.69, 9.17) is 5.73 Å². The van der Waals surface area contributed by atoms with Crippen molar-refractivity contribution in [2.75, 3.05) is 12.3 Å². The molecule has 0 unspecified atom stereocenters. The first-order valence-electron chi connectivity index (χ1n) is 8.22. The van der Waals surface area contributed by atoms with Crippen molar-refractivity contribution in [2.45, 2.75) is 12.5 Å². The van der Waals surface area contributed by atoms with Crippen LogP contribution in [-0.4, -0.2) is 27.3 Å². The van der Waals surface area contributed by atoms with Crippen molar-refractivity contribution in [3.8, 4) is 0 Å². The Morgan fingerprint density at radius 3 is 2.52 bits per heavy atom. The van der Waals surface area contributed by atoms with Crippen molar-refractivity contribution in [1.82, 2.24) is 14.9 Å². The lowest BCUT2D eigenvalue weighted by atomic mass is 9.84. The van der Waals surface area contributed by atoms with Gasteiger partial charge in [0, 0.05) is 31.4 Å². The lowest BCUT2D eigenvalue weighted by Gasteiger charge is -2.35. The van der Waals surface area contributed by atoms with Gasteiger partial charge in [0.25, 0.3) is 5.91 Å². The molecule has 0 saturated heterocycles. The molecule has 5 nitrogen and oxygen atoms in total. The Labute approximate surface area is 146 Å². The van der Waals surface area contributed by atoms with Gasteiger partial charge in [-0.1, -0.05) is 54.6 Å². The van der Waals surface area contributed by atoms with Crippen LogP contribution in [-0.2, 0) is 6.54 Å². The zero-order valence-electron chi connectivity index (χ0n) is 13.7. The van der Waals surface area contributed by atoms with E-state index in [1.807, 2.05) is 30.3 Å². The molecule has 1 amide bonds. The number of amides is 1. The molecule has 0 fully saturated rings. The van der Waals surface area contributed by atoms with Gasteiger partial charge in [-0.3, -0.25) is 4.79 Å². The quantitative estimate of drug-likeness (QED) is 0.784. The monoisotopic (exact) mass is 330 g/mol. The zero-order valence-corrected chi connectivity index (χ0v) is 13.7. The largest absolute Gasteiger partial charge is 0.382 e. The highest BCUT2D eigenvalue weighted by molar-refractivity contribution is 5.96. The standard InChI is InChI=1S/C20H18N4O/c21-19-18(22-10-11-23-19)20(25)24-12-15-8-4-5-9-16(15)17(13-24)14-6-2-1-3-7-14/h1-11,17H,12-13H2,(H2,21,23)/t17-/m0/s1. The number of fused-ring (bicyclic) bond motifs is 1. The number of nitrogens with zero attached hydrogens (tertiary/aromatic N) is 3. The Kier molecular flexibility index (Phi) is 3.90. The highest BCUT2D eigenvalue weighted by Crippen LogP contribution is 2.34. The summed E-state index contributed by atoms with van der Waals surface area (Å²) < 4.78 is 0. The number of hydrogen-bond donors (Lipinski definition) is 1. The summed E-state index contributed by atoms with van der Waals surface area (Å²) >= 11 is 0. The lowest BCUT2D eigenvalue weighted by Crippen LogP contribution is -2.39. The molecule has 1 aliphatic heterocycles. The van der Waals surface area contributed by atoms with E-state index >= 15 is 0 Å². The summed E-state index contributed by atoms with van der Waals surface area (Å²) in [7, 11) is 0. The summed E-state index contributed by atoms with van der Waals surface area (Å²) in [6, 6.07) is 18.5. The molecule has 2 N–H and O–H groups in total. The summed E-state index contributed by atoms with van der Waals surface area (Å²) in [4.78, 5) is 22.9. The number of hydrogen-bond acceptors (Lipinski definition) is 4. The Hall–Kier alpha value is -3.21. The topological polar surface area (TPSA) is 72.1 Å². The van der Waals surface area contributed by atoms with Gasteiger partial charge in [0.2, 0.25) is 0 Å². The smallest absolute Gasteiger partial charge is 0.276 e. The Bertz CT molecular complexity index is 910. The number of rotatable bonds is 2. The first-order chi connectivity index (χ1) is 12.2. The van der Waals surface area contributed by atoms with Gasteiger partial charge in [-0.25, -0.2) is 9.97 Å². The number of nitrogens with two attached hydrogens (primary N) is 1. The molecular weight excluding hydrogens is 312 g/mol. The molecule has 1 aromatic heterocycles. The fraction of sp³-hybridized carbons (Fsp3) is 0.150. The lowest BCUT2D eigenvalue weighted by molar-refractivity contribution is 0.0720. The molecule has 5 heteroatoms. The van der Waals surface area contributed by atoms with Gasteiger partial charge in [-0.05, 0) is 16.7 Å². The van der Waals surface area contributed by atoms with E-state index in [2.05, 4.69) is 34.2 Å². The van der Waals surface area contributed by atoms with Gasteiger partial charge in [0.05, 0.1) is 0 Å². The van der Waals surface area contributed by atoms with Crippen LogP contribution in [0.15, 0.2) is 67.0 Å². The van der Waals surface area contributed by atoms with Crippen LogP contribution in [0.3, 0.4) is 0 Å². The maximum Gasteiger partial charge on any atom is 0.276 e. The average Bonchev–Trinajstić information content (AvgIpc) is 2.67. The van der Waals surface area contributed by atoms with Gasteiger partial charge < -0.3 is 10.6 Å². The molecule has 3 aromatic rings. The minimum atomic E-state index is -0.180. The van der Waals surface area contributed by atoms with Crippen molar-refractivity contribution < 1.29 is 4.79 Å². The summed E-state index contributed by atoms with van der Waals surface area (Å²) in [6.45, 7) is 1.14. The summed E-state index contributed by atoms with van der Waals surface area (Å²) in [6.07, 6.45) is 2.99. The number of carbonyl (C=O) groups excluding carboxylic acids is 1. The zero-order chi connectivity index (χ0) is 17.2. The van der Waals surface area contributed by atoms with Crippen molar-refractivity contribution in [3.63, 3.8) is 0 Å². The third-order valence-corrected chi connectivity index (χ3v) is 4.61. The first-order valence-corrected chi connectivity index (χ1v) is 8.22. The molecule has 25 heavy (non-hydrogen) atoms. The van der Waals surface area contributed by atoms with Crippen molar-refractivity contribution in [2.24, 2.45) is 0 Å². The van der Waals surface area contributed by atoms with E-state index in [0.29, 0.717) is 13.1 Å². The van der Waals surface area contributed by atoms with E-state index in [-0.39, 0.29) is 23.3 Å². The van der Waals surface area contributed by atoms with E-state index in [9.17, 15) is 4.79 Å². The molecular formula is C20H18N4O. The summed E-state index contributed by atoms with van der Waals surface area (Å²) in [5, 5.41) is 0. The third kappa shape index (κ3) is 2.85. The molecule has 124 valence electrons. The fourth-order valence-electron chi connectivity index (χ4n) is 3.40. The van der Waals surface area contributed by atoms with Crippen molar-refractivity contribution in [3.05, 3.63) is 89.4 Å². The molecule has 0 bridgehead atoms. The molecule has 0 saturated carbocycles. The van der Waals surface area contributed by atoms with Crippen LogP contribution in [0.4, 0.5) is 5.82 Å². The van der Waals surface area contributed by atoms with Gasteiger partial charge in [-0.15, -0.1) is 0 Å². The van der Waals surface area contributed by atoms with Crippen LogP contribution >= 0.6 is 0 Å². The second kappa shape index (κ2) is 6.36. The highest BCUT2D eigenvalue weighted by Gasteiger charge is 2.30. The van der Waals surface area contributed by atoms with Crippen LogP contribution in [0.1, 0.15) is 33.1 Å². The molecule has 0 spiro atoms. The molecule has 1 aliphatic rings. The van der Waals surface area contributed by atoms with Crippen LogP contribution < -0.4 is 5.73 Å². The van der Waals surface area contributed by atoms with Crippen LogP contribution in [0.5, 0.6) is 0 Å². The normalized spacial score (nSPS) is 16.3. The predicted octanol–water partition coefficient (Wildman–Crippen LogP) is 2.85. The SMILES string of the molecule is Nc1nccnc1C(=O)N1Cc2ccccc2[C@H](c2ccccc2)C1. The molecule has 0 radical (unpaired) electrons. The fourth-order valence-corrected chi connectivity index (χ4v) is 3.40. The molecule has 2 heterocycles. The second-order valence-electron chi connectivity index (χ2n) is 6.14. The summed E-state index contributed by atoms with van der Waals surface area (Å²) in [5.41, 5.74) is 9.68. The van der Waals surface area contributed by atoms with Gasteiger partial charge in [0.15, 0.2) is 11.5 Å². The van der Waals surface area contributed by atoms with Crippen LogP contribution in [0, 0.1) is 0 Å². The van der Waals surface area contributed by atoms with Crippen LogP contribution in [0.2, 0.25) is 0 Å². The van der Waals surface area contributed by atoms with Crippen molar-refractivity contribution >= 4 is 11.7 Å². The molecule has 1 atom stereocenters. The van der Waals surface area contributed by atoms with Gasteiger partial charge in [0.1, 0.15) is 0 Å². The number of nitrogen functional groups attached to an aromatic ring is 1. The van der Waals surface area contributed by atoms with E-state index in [1.54, 1.807) is 4.90 Å². The Morgan fingerprint density at radius 2 is 1.72 bits per heavy atom. The van der Waals surface area contributed by atoms with E-state index in [1.165, 1.54) is 23.5 Å². The van der Waals surface area contributed by atoms with E-state index < -0.39 is 0 Å². The number of anilines is 1. The first kappa shape index (κ1) is 15.3. The Morgan fingerprint density at radius 1 is 1.00 bits per heavy atom. The summed E-state index contributed by atoms with van der Waals surface area (Å²) in [5.74, 6) is 0.122. The number of benzene rings is 2. The minimum Gasteiger partial charge on any atom is -0.382 e. The molecule has 4 rings (SSSR count). The highest BCUT2D eigenvalue weighted by atomic mass is 16.2. The molecule has 2 aromatic carbocycles. The maximum absolute atomic E-state index is 13.0. The molecule has 0 aliphatic carbocycles. The van der Waals surface area contributed by atoms with Crippen LogP contribution in [0.25, 0.3) is 0 Å². The third-order valence-electron chi connectivity index (χ3n) is 4.61. The maximum atomic E-state index is 13.0. The van der Waals surface area contributed by atoms with Crippen molar-refractivity contribution in [1.29, 1.82) is 0 Å². The minimum absolute atomic E-state index is 0.132. The Balaban J connectivity index is 1.73. The van der Waals surface area contributed by atoms with Gasteiger partial charge >= 0.3 is 0 Å². The van der Waals surface area contributed by atoms with Gasteiger partial charge in [-0.2, -0.15) is 0 Å². The second-order valence-corrected chi connectivity index (χ2v) is 6.14. The average molecular weight is 330 g/mol. The number of aromatic nitrogens is 2.